The highest BCUT2D eigenvalue weighted by molar-refractivity contribution is 9.11. The zero-order valence-corrected chi connectivity index (χ0v) is 11.0. The molecule has 1 heterocycles. The minimum atomic E-state index is -0.361. The quantitative estimate of drug-likeness (QED) is 0.906. The van der Waals surface area contributed by atoms with Gasteiger partial charge >= 0.3 is 0 Å². The van der Waals surface area contributed by atoms with E-state index in [0.29, 0.717) is 5.92 Å². The van der Waals surface area contributed by atoms with E-state index in [1.807, 2.05) is 6.92 Å². The second kappa shape index (κ2) is 3.91. The zero-order chi connectivity index (χ0) is 10.3. The Morgan fingerprint density at radius 2 is 2.14 bits per heavy atom. The number of aliphatic hydroxyl groups excluding tert-OH is 1. The molecule has 0 spiro atoms. The average Bonchev–Trinajstić information content (AvgIpc) is 2.95. The van der Waals surface area contributed by atoms with Crippen LogP contribution >= 0.6 is 31.9 Å². The molecule has 2 nitrogen and oxygen atoms in total. The van der Waals surface area contributed by atoms with Crippen molar-refractivity contribution >= 4 is 31.9 Å². The van der Waals surface area contributed by atoms with Gasteiger partial charge in [-0.25, -0.2) is 0 Å². The number of rotatable bonds is 2. The average molecular weight is 321 g/mol. The molecular formula is C10H11Br2NO. The van der Waals surface area contributed by atoms with E-state index in [4.69, 9.17) is 0 Å². The summed E-state index contributed by atoms with van der Waals surface area (Å²) < 4.78 is 1.81. The fraction of sp³-hybridized carbons (Fsp3) is 0.500. The lowest BCUT2D eigenvalue weighted by Crippen LogP contribution is -2.04. The van der Waals surface area contributed by atoms with Gasteiger partial charge < -0.3 is 5.11 Å². The lowest BCUT2D eigenvalue weighted by atomic mass is 10.1. The van der Waals surface area contributed by atoms with Crippen LogP contribution in [0, 0.1) is 12.8 Å². The Kier molecular flexibility index (Phi) is 2.96. The van der Waals surface area contributed by atoms with Gasteiger partial charge in [0.2, 0.25) is 0 Å². The van der Waals surface area contributed by atoms with Crippen LogP contribution in [0.25, 0.3) is 0 Å². The standard InChI is InChI=1S/C10H11Br2NO/c1-5-9(12)8(7(11)4-13-5)10(14)6-2-3-6/h4,6,10,14H,2-3H2,1H3. The Balaban J connectivity index is 2.43. The summed E-state index contributed by atoms with van der Waals surface area (Å²) >= 11 is 6.90. The normalized spacial score (nSPS) is 18.3. The van der Waals surface area contributed by atoms with Gasteiger partial charge in [0.25, 0.3) is 0 Å². The summed E-state index contributed by atoms with van der Waals surface area (Å²) in [5, 5.41) is 10.1. The molecule has 0 aliphatic heterocycles. The summed E-state index contributed by atoms with van der Waals surface area (Å²) in [5.74, 6) is 0.435. The van der Waals surface area contributed by atoms with Crippen molar-refractivity contribution in [2.24, 2.45) is 5.92 Å². The highest BCUT2D eigenvalue weighted by atomic mass is 79.9. The molecule has 1 unspecified atom stereocenters. The Bertz CT molecular complexity index is 363. The van der Waals surface area contributed by atoms with E-state index in [2.05, 4.69) is 36.8 Å². The largest absolute Gasteiger partial charge is 0.388 e. The van der Waals surface area contributed by atoms with Crippen LogP contribution in [0.2, 0.25) is 0 Å². The summed E-state index contributed by atoms with van der Waals surface area (Å²) in [6.45, 7) is 1.93. The smallest absolute Gasteiger partial charge is 0.0841 e. The second-order valence-corrected chi connectivity index (χ2v) is 5.35. The molecule has 1 aromatic heterocycles. The number of hydrogen-bond acceptors (Lipinski definition) is 2. The first-order valence-electron chi connectivity index (χ1n) is 4.60. The molecule has 0 radical (unpaired) electrons. The third kappa shape index (κ3) is 1.88. The molecule has 2 rings (SSSR count). The molecule has 1 aromatic rings. The minimum absolute atomic E-state index is 0.361. The molecule has 1 N–H and O–H groups in total. The maximum Gasteiger partial charge on any atom is 0.0841 e. The summed E-state index contributed by atoms with van der Waals surface area (Å²) in [7, 11) is 0. The van der Waals surface area contributed by atoms with Gasteiger partial charge in [0, 0.05) is 20.7 Å². The number of aryl methyl sites for hydroxylation is 1. The van der Waals surface area contributed by atoms with Crippen LogP contribution < -0.4 is 0 Å². The number of nitrogens with zero attached hydrogens (tertiary/aromatic N) is 1. The lowest BCUT2D eigenvalue weighted by molar-refractivity contribution is 0.152. The van der Waals surface area contributed by atoms with Crippen molar-refractivity contribution in [2.75, 3.05) is 0 Å². The van der Waals surface area contributed by atoms with Crippen LogP contribution in [-0.4, -0.2) is 10.1 Å². The van der Waals surface area contributed by atoms with Crippen molar-refractivity contribution in [2.45, 2.75) is 25.9 Å². The second-order valence-electron chi connectivity index (χ2n) is 3.70. The first-order valence-corrected chi connectivity index (χ1v) is 6.18. The number of hydrogen-bond donors (Lipinski definition) is 1. The topological polar surface area (TPSA) is 33.1 Å². The summed E-state index contributed by atoms with van der Waals surface area (Å²) in [6.07, 6.45) is 3.64. The molecule has 4 heteroatoms. The van der Waals surface area contributed by atoms with E-state index in [1.165, 1.54) is 0 Å². The fourth-order valence-corrected chi connectivity index (χ4v) is 2.85. The van der Waals surface area contributed by atoms with E-state index >= 15 is 0 Å². The van der Waals surface area contributed by atoms with Crippen LogP contribution in [-0.2, 0) is 0 Å². The molecular weight excluding hydrogens is 310 g/mol. The van der Waals surface area contributed by atoms with Crippen molar-refractivity contribution < 1.29 is 5.11 Å². The van der Waals surface area contributed by atoms with E-state index in [9.17, 15) is 5.11 Å². The van der Waals surface area contributed by atoms with Gasteiger partial charge in [-0.15, -0.1) is 0 Å². The molecule has 1 aliphatic rings. The Labute approximate surface area is 100.0 Å². The van der Waals surface area contributed by atoms with Gasteiger partial charge in [-0.2, -0.15) is 0 Å². The van der Waals surface area contributed by atoms with E-state index < -0.39 is 0 Å². The number of aromatic nitrogens is 1. The van der Waals surface area contributed by atoms with Crippen molar-refractivity contribution in [3.63, 3.8) is 0 Å². The third-order valence-electron chi connectivity index (χ3n) is 2.55. The van der Waals surface area contributed by atoms with Gasteiger partial charge in [0.05, 0.1) is 11.8 Å². The van der Waals surface area contributed by atoms with Crippen molar-refractivity contribution in [1.29, 1.82) is 0 Å². The van der Waals surface area contributed by atoms with E-state index in [0.717, 1.165) is 33.0 Å². The van der Waals surface area contributed by atoms with Crippen LogP contribution in [0.1, 0.15) is 30.2 Å². The van der Waals surface area contributed by atoms with Crippen LogP contribution in [0.4, 0.5) is 0 Å². The van der Waals surface area contributed by atoms with Crippen LogP contribution in [0.15, 0.2) is 15.1 Å². The maximum absolute atomic E-state index is 10.1. The van der Waals surface area contributed by atoms with Crippen LogP contribution in [0.3, 0.4) is 0 Å². The Morgan fingerprint density at radius 1 is 1.50 bits per heavy atom. The highest BCUT2D eigenvalue weighted by Crippen LogP contribution is 2.45. The highest BCUT2D eigenvalue weighted by Gasteiger charge is 2.33. The molecule has 0 amide bonds. The summed E-state index contributed by atoms with van der Waals surface area (Å²) in [6, 6.07) is 0. The Hall–Kier alpha value is 0.0700. The van der Waals surface area contributed by atoms with Gasteiger partial charge in [-0.3, -0.25) is 4.98 Å². The number of halogens is 2. The van der Waals surface area contributed by atoms with Gasteiger partial charge in [-0.1, -0.05) is 0 Å². The van der Waals surface area contributed by atoms with Crippen molar-refractivity contribution in [1.82, 2.24) is 4.98 Å². The molecule has 76 valence electrons. The lowest BCUT2D eigenvalue weighted by Gasteiger charge is -2.14. The predicted molar refractivity (Wildman–Crippen MR) is 62.1 cm³/mol. The van der Waals surface area contributed by atoms with Gasteiger partial charge in [-0.05, 0) is 57.5 Å². The maximum atomic E-state index is 10.1. The first-order chi connectivity index (χ1) is 6.61. The summed E-state index contributed by atoms with van der Waals surface area (Å²) in [5.41, 5.74) is 1.86. The fourth-order valence-electron chi connectivity index (χ4n) is 1.50. The van der Waals surface area contributed by atoms with Crippen molar-refractivity contribution in [3.8, 4) is 0 Å². The molecule has 1 saturated carbocycles. The Morgan fingerprint density at radius 3 is 2.71 bits per heavy atom. The predicted octanol–water partition coefficient (Wildman–Crippen LogP) is 3.36. The van der Waals surface area contributed by atoms with Gasteiger partial charge in [0.1, 0.15) is 0 Å². The minimum Gasteiger partial charge on any atom is -0.388 e. The SMILES string of the molecule is Cc1ncc(Br)c(C(O)C2CC2)c1Br. The molecule has 1 fully saturated rings. The van der Waals surface area contributed by atoms with Gasteiger partial charge in [0.15, 0.2) is 0 Å². The zero-order valence-electron chi connectivity index (χ0n) is 7.80. The first kappa shape index (κ1) is 10.6. The number of aliphatic hydroxyl groups is 1. The molecule has 14 heavy (non-hydrogen) atoms. The summed E-state index contributed by atoms with van der Waals surface area (Å²) in [4.78, 5) is 4.20. The molecule has 0 bridgehead atoms. The van der Waals surface area contributed by atoms with E-state index in [1.54, 1.807) is 6.20 Å². The molecule has 1 atom stereocenters. The number of pyridine rings is 1. The molecule has 1 aliphatic carbocycles. The third-order valence-corrected chi connectivity index (χ3v) is 4.18. The van der Waals surface area contributed by atoms with Crippen LogP contribution in [0.5, 0.6) is 0 Å². The molecule has 0 saturated heterocycles. The monoisotopic (exact) mass is 319 g/mol. The van der Waals surface area contributed by atoms with Crippen molar-refractivity contribution in [3.05, 3.63) is 26.4 Å². The molecule has 0 aromatic carbocycles. The van der Waals surface area contributed by atoms with E-state index in [-0.39, 0.29) is 6.10 Å².